The van der Waals surface area contributed by atoms with Crippen molar-refractivity contribution in [2.75, 3.05) is 0 Å². The Balaban J connectivity index is -0.0000000910. The first-order valence-electron chi connectivity index (χ1n) is 1.66. The quantitative estimate of drug-likeness (QED) is 0.484. The Bertz CT molecular complexity index is 115. The molecule has 0 amide bonds. The molecule has 1 N–H and O–H groups in total. The zero-order valence-corrected chi connectivity index (χ0v) is 9.04. The maximum absolute atomic E-state index is 9.00. The van der Waals surface area contributed by atoms with E-state index < -0.39 is 13.8 Å². The Kier molecular flexibility index (Phi) is 13.8. The van der Waals surface area contributed by atoms with Crippen molar-refractivity contribution >= 4 is 13.8 Å². The smallest absolute Gasteiger partial charge is 0.822 e. The van der Waals surface area contributed by atoms with Gasteiger partial charge in [0.25, 0.3) is 5.97 Å². The summed E-state index contributed by atoms with van der Waals surface area (Å²) in [6.45, 7) is 1.08. The van der Waals surface area contributed by atoms with Gasteiger partial charge < -0.3 is 24.4 Å². The third-order valence-electron chi connectivity index (χ3n) is 0. The summed E-state index contributed by atoms with van der Waals surface area (Å²) in [5.74, 6) is -0.833. The van der Waals surface area contributed by atoms with Crippen LogP contribution in [0.2, 0.25) is 0 Å². The van der Waals surface area contributed by atoms with Crippen LogP contribution in [0.15, 0.2) is 0 Å². The van der Waals surface area contributed by atoms with Gasteiger partial charge in [0.2, 0.25) is 0 Å². The van der Waals surface area contributed by atoms with Gasteiger partial charge in [-0.2, -0.15) is 7.82 Å². The number of hydrogen-bond acceptors (Lipinski definition) is 5. The van der Waals surface area contributed by atoms with Crippen LogP contribution in [-0.4, -0.2) is 11.1 Å². The number of phosphoric acid groups is 1. The first-order chi connectivity index (χ1) is 3.73. The Morgan fingerprint density at radius 3 is 1.40 bits per heavy atom. The van der Waals surface area contributed by atoms with Crippen LogP contribution in [0.3, 0.4) is 0 Å². The number of rotatable bonds is 0. The van der Waals surface area contributed by atoms with Crippen LogP contribution in [0.4, 0.5) is 0 Å². The molecule has 10 heavy (non-hydrogen) atoms. The third-order valence-corrected chi connectivity index (χ3v) is 0. The Hall–Kier alpha value is 0.931. The summed E-state index contributed by atoms with van der Waals surface area (Å²) < 4.78 is 8.55. The van der Waals surface area contributed by atoms with Gasteiger partial charge in [0.15, 0.2) is 0 Å². The monoisotopic (exact) mass is 297 g/mol. The van der Waals surface area contributed by atoms with Gasteiger partial charge in [-0.15, -0.1) is 0 Å². The molecule has 0 bridgehead atoms. The summed E-state index contributed by atoms with van der Waals surface area (Å²) in [4.78, 5) is 34.6. The first-order valence-corrected chi connectivity index (χ1v) is 3.12. The summed E-state index contributed by atoms with van der Waals surface area (Å²) in [5.41, 5.74) is 0. The first kappa shape index (κ1) is 17.1. The molecule has 0 fully saturated rings. The van der Waals surface area contributed by atoms with E-state index in [1.165, 1.54) is 0 Å². The largest absolute Gasteiger partial charge is 3.00 e. The van der Waals surface area contributed by atoms with Crippen molar-refractivity contribution in [2.24, 2.45) is 0 Å². The Morgan fingerprint density at radius 2 is 1.40 bits per heavy atom. The van der Waals surface area contributed by atoms with Gasteiger partial charge in [-0.05, 0) is 0 Å². The molecular weight excluding hydrogens is 295 g/mol. The van der Waals surface area contributed by atoms with E-state index in [9.17, 15) is 0 Å². The van der Waals surface area contributed by atoms with Gasteiger partial charge in [-0.1, -0.05) is 0 Å². The van der Waals surface area contributed by atoms with E-state index in [1.54, 1.807) is 0 Å². The van der Waals surface area contributed by atoms with E-state index in [1.807, 2.05) is 0 Å². The Morgan fingerprint density at radius 1 is 1.40 bits per heavy atom. The summed E-state index contributed by atoms with van der Waals surface area (Å²) in [7, 11) is -5.39. The molecule has 0 spiro atoms. The van der Waals surface area contributed by atoms with E-state index in [0.29, 0.717) is 0 Å². The van der Waals surface area contributed by atoms with Gasteiger partial charge in [-0.3, -0.25) is 4.79 Å². The fourth-order valence-electron chi connectivity index (χ4n) is 0. The van der Waals surface area contributed by atoms with Crippen LogP contribution in [0, 0.1) is 40.8 Å². The summed E-state index contributed by atoms with van der Waals surface area (Å²) in [6, 6.07) is 0. The van der Waals surface area contributed by atoms with Crippen LogP contribution in [0.25, 0.3) is 0 Å². The van der Waals surface area contributed by atoms with Gasteiger partial charge in [-0.25, -0.2) is 0 Å². The molecule has 0 aliphatic rings. The second-order valence-corrected chi connectivity index (χ2v) is 1.86. The molecule has 0 unspecified atom stereocenters. The molecule has 0 saturated carbocycles. The molecule has 0 aliphatic carbocycles. The normalized spacial score (nSPS) is 8.40. The summed E-state index contributed by atoms with van der Waals surface area (Å²) >= 11 is 0. The van der Waals surface area contributed by atoms with Crippen LogP contribution in [0.1, 0.15) is 6.92 Å². The molecule has 0 heterocycles. The third kappa shape index (κ3) is 649. The van der Waals surface area contributed by atoms with Crippen molar-refractivity contribution in [3.8, 4) is 0 Å². The van der Waals surface area contributed by atoms with Crippen LogP contribution < -0.4 is 14.7 Å². The molecule has 57 valence electrons. The average molecular weight is 299 g/mol. The van der Waals surface area contributed by atoms with Gasteiger partial charge in [0, 0.05) is 6.92 Å². The average Bonchev–Trinajstić information content (AvgIpc) is 1.19. The van der Waals surface area contributed by atoms with E-state index >= 15 is 0 Å². The van der Waals surface area contributed by atoms with Gasteiger partial charge >= 0.3 is 40.8 Å². The minimum atomic E-state index is -5.39. The van der Waals surface area contributed by atoms with Crippen LogP contribution >= 0.6 is 7.82 Å². The second-order valence-electron chi connectivity index (χ2n) is 0.966. The van der Waals surface area contributed by atoms with Crippen LogP contribution in [0.5, 0.6) is 0 Å². The number of carbonyl (C=O) groups is 1. The fourth-order valence-corrected chi connectivity index (χ4v) is 0. The van der Waals surface area contributed by atoms with Crippen molar-refractivity contribution < 1.29 is 70.0 Å². The number of hydrogen-bond donors (Lipinski definition) is 1. The molecular formula is C2H4NdO6P. The molecule has 8 heteroatoms. The standard InChI is InChI=1S/C2H4O2.Nd.H3O4P/c1-2(3)4;;1-5(2,3)4/h1H3,(H,3,4);;(H3,1,2,3,4)/q;+3;/p-3. The van der Waals surface area contributed by atoms with Crippen molar-refractivity contribution in [1.29, 1.82) is 0 Å². The Labute approximate surface area is 90.0 Å². The van der Waals surface area contributed by atoms with Crippen molar-refractivity contribution in [3.05, 3.63) is 0 Å². The predicted molar refractivity (Wildman–Crippen MR) is 20.9 cm³/mol. The minimum absolute atomic E-state index is 0. The zero-order valence-electron chi connectivity index (χ0n) is 4.94. The van der Waals surface area contributed by atoms with Crippen molar-refractivity contribution in [2.45, 2.75) is 6.92 Å². The van der Waals surface area contributed by atoms with Gasteiger partial charge in [0.05, 0.1) is 0 Å². The van der Waals surface area contributed by atoms with Crippen molar-refractivity contribution in [3.63, 3.8) is 0 Å². The van der Waals surface area contributed by atoms with E-state index in [2.05, 4.69) is 0 Å². The molecule has 0 rings (SSSR count). The van der Waals surface area contributed by atoms with Crippen LogP contribution in [-0.2, 0) is 9.36 Å². The molecule has 6 nitrogen and oxygen atoms in total. The molecule has 0 aliphatic heterocycles. The molecule has 1 radical (unpaired) electrons. The topological polar surface area (TPSA) is 124 Å². The molecule has 0 aromatic heterocycles. The molecule has 0 atom stereocenters. The molecule has 0 aromatic rings. The maximum atomic E-state index is 9.00. The minimum Gasteiger partial charge on any atom is -0.822 e. The molecule has 0 saturated heterocycles. The number of carboxylic acids is 1. The second kappa shape index (κ2) is 8.03. The van der Waals surface area contributed by atoms with Gasteiger partial charge in [0.1, 0.15) is 0 Å². The van der Waals surface area contributed by atoms with Crippen molar-refractivity contribution in [1.82, 2.24) is 0 Å². The fraction of sp³-hybridized carbons (Fsp3) is 0.500. The predicted octanol–water partition coefficient (Wildman–Crippen LogP) is -2.73. The number of aliphatic carboxylic acids is 1. The maximum Gasteiger partial charge on any atom is 3.00 e. The van der Waals surface area contributed by atoms with E-state index in [4.69, 9.17) is 29.1 Å². The summed E-state index contributed by atoms with van der Waals surface area (Å²) in [6.07, 6.45) is 0. The van der Waals surface area contributed by atoms with E-state index in [0.717, 1.165) is 6.92 Å². The summed E-state index contributed by atoms with van der Waals surface area (Å²) in [5, 5.41) is 7.42. The SMILES string of the molecule is CC(=O)O.O=P([O-])([O-])[O-].[Nd+3]. The van der Waals surface area contributed by atoms with E-state index in [-0.39, 0.29) is 40.8 Å². The molecule has 0 aromatic carbocycles. The number of carboxylic acid groups (broad SMARTS) is 1. The zero-order chi connectivity index (χ0) is 8.08.